The molecule has 0 radical (unpaired) electrons. The summed E-state index contributed by atoms with van der Waals surface area (Å²) in [4.78, 5) is 14.0. The van der Waals surface area contributed by atoms with E-state index < -0.39 is 0 Å². The Balaban J connectivity index is 2.03. The number of ether oxygens (including phenoxy) is 1. The van der Waals surface area contributed by atoms with E-state index in [-0.39, 0.29) is 24.7 Å². The summed E-state index contributed by atoms with van der Waals surface area (Å²) in [5, 5.41) is 9.27. The summed E-state index contributed by atoms with van der Waals surface area (Å²) >= 11 is 0. The van der Waals surface area contributed by atoms with E-state index in [0.29, 0.717) is 5.57 Å². The Morgan fingerprint density at radius 1 is 1.71 bits per heavy atom. The van der Waals surface area contributed by atoms with Crippen LogP contribution in [0, 0.1) is 0 Å². The van der Waals surface area contributed by atoms with Crippen LogP contribution in [0.5, 0.6) is 0 Å². The van der Waals surface area contributed by atoms with Crippen molar-refractivity contribution >= 4 is 5.97 Å². The number of aliphatic hydroxyl groups is 1. The molecule has 1 saturated heterocycles. The summed E-state index contributed by atoms with van der Waals surface area (Å²) in [5.74, 6) is -0.247. The SMILES string of the molecule is C/C=C(/C)C(=O)O[C@@H]1CCN2CC=C(CO)[C@@H]12. The van der Waals surface area contributed by atoms with Gasteiger partial charge in [0.1, 0.15) is 6.10 Å². The summed E-state index contributed by atoms with van der Waals surface area (Å²) in [7, 11) is 0. The highest BCUT2D eigenvalue weighted by molar-refractivity contribution is 5.87. The highest BCUT2D eigenvalue weighted by Gasteiger charge is 2.41. The predicted octanol–water partition coefficient (Wildman–Crippen LogP) is 0.871. The lowest BCUT2D eigenvalue weighted by molar-refractivity contribution is -0.144. The third-order valence-electron chi connectivity index (χ3n) is 3.61. The maximum absolute atomic E-state index is 11.7. The molecule has 2 aliphatic rings. The molecular formula is C13H19NO3. The molecule has 0 aromatic rings. The smallest absolute Gasteiger partial charge is 0.333 e. The highest BCUT2D eigenvalue weighted by atomic mass is 16.5. The maximum atomic E-state index is 11.7. The summed E-state index contributed by atoms with van der Waals surface area (Å²) in [6, 6.07) is 0.0913. The quantitative estimate of drug-likeness (QED) is 0.449. The molecule has 0 bridgehead atoms. The van der Waals surface area contributed by atoms with Gasteiger partial charge < -0.3 is 9.84 Å². The number of nitrogens with zero attached hydrogens (tertiary/aromatic N) is 1. The zero-order chi connectivity index (χ0) is 12.4. The Bertz CT molecular complexity index is 373. The van der Waals surface area contributed by atoms with Gasteiger partial charge >= 0.3 is 5.97 Å². The van der Waals surface area contributed by atoms with Crippen molar-refractivity contribution < 1.29 is 14.6 Å². The molecule has 2 aliphatic heterocycles. The first-order chi connectivity index (χ1) is 8.17. The van der Waals surface area contributed by atoms with E-state index in [1.165, 1.54) is 0 Å². The van der Waals surface area contributed by atoms with Crippen LogP contribution < -0.4 is 0 Å². The summed E-state index contributed by atoms with van der Waals surface area (Å²) < 4.78 is 5.51. The lowest BCUT2D eigenvalue weighted by Gasteiger charge is -2.23. The van der Waals surface area contributed by atoms with E-state index in [9.17, 15) is 9.90 Å². The second-order valence-corrected chi connectivity index (χ2v) is 4.58. The number of allylic oxidation sites excluding steroid dienone is 1. The van der Waals surface area contributed by atoms with Gasteiger partial charge in [-0.1, -0.05) is 12.2 Å². The van der Waals surface area contributed by atoms with Crippen LogP contribution in [0.4, 0.5) is 0 Å². The average molecular weight is 237 g/mol. The molecule has 4 nitrogen and oxygen atoms in total. The van der Waals surface area contributed by atoms with Crippen LogP contribution in [-0.4, -0.2) is 47.8 Å². The molecule has 4 heteroatoms. The van der Waals surface area contributed by atoms with E-state index in [0.717, 1.165) is 25.1 Å². The molecule has 0 aromatic carbocycles. The van der Waals surface area contributed by atoms with Gasteiger partial charge in [-0.25, -0.2) is 4.79 Å². The second-order valence-electron chi connectivity index (χ2n) is 4.58. The van der Waals surface area contributed by atoms with Gasteiger partial charge in [-0.2, -0.15) is 0 Å². The van der Waals surface area contributed by atoms with Crippen molar-refractivity contribution in [3.8, 4) is 0 Å². The number of esters is 1. The first kappa shape index (κ1) is 12.3. The van der Waals surface area contributed by atoms with Crippen molar-refractivity contribution in [1.29, 1.82) is 0 Å². The molecule has 2 heterocycles. The summed E-state index contributed by atoms with van der Waals surface area (Å²) in [6.45, 7) is 5.42. The van der Waals surface area contributed by atoms with E-state index in [2.05, 4.69) is 4.90 Å². The Labute approximate surface area is 102 Å². The lowest BCUT2D eigenvalue weighted by atomic mass is 10.1. The van der Waals surface area contributed by atoms with Gasteiger partial charge in [-0.3, -0.25) is 4.90 Å². The van der Waals surface area contributed by atoms with Crippen LogP contribution >= 0.6 is 0 Å². The van der Waals surface area contributed by atoms with Crippen molar-refractivity contribution in [1.82, 2.24) is 4.90 Å². The maximum Gasteiger partial charge on any atom is 0.333 e. The fourth-order valence-corrected chi connectivity index (χ4v) is 2.49. The zero-order valence-electron chi connectivity index (χ0n) is 10.3. The van der Waals surface area contributed by atoms with Crippen molar-refractivity contribution in [3.63, 3.8) is 0 Å². The van der Waals surface area contributed by atoms with Crippen LogP contribution in [0.25, 0.3) is 0 Å². The zero-order valence-corrected chi connectivity index (χ0v) is 10.3. The molecule has 0 aliphatic carbocycles. The molecule has 0 aromatic heterocycles. The molecular weight excluding hydrogens is 218 g/mol. The van der Waals surface area contributed by atoms with Gasteiger partial charge in [0.2, 0.25) is 0 Å². The molecule has 0 unspecified atom stereocenters. The van der Waals surface area contributed by atoms with Crippen LogP contribution in [0.15, 0.2) is 23.3 Å². The first-order valence-corrected chi connectivity index (χ1v) is 6.05. The molecule has 0 saturated carbocycles. The fraction of sp³-hybridized carbons (Fsp3) is 0.615. The first-order valence-electron chi connectivity index (χ1n) is 6.05. The van der Waals surface area contributed by atoms with Gasteiger partial charge in [-0.15, -0.1) is 0 Å². The third-order valence-corrected chi connectivity index (χ3v) is 3.61. The molecule has 94 valence electrons. The molecule has 1 fully saturated rings. The van der Waals surface area contributed by atoms with Gasteiger partial charge in [0, 0.05) is 18.7 Å². The molecule has 0 amide bonds. The van der Waals surface area contributed by atoms with Crippen LogP contribution in [0.2, 0.25) is 0 Å². The number of aliphatic hydroxyl groups excluding tert-OH is 1. The number of carbonyl (C=O) groups excluding carboxylic acids is 1. The van der Waals surface area contributed by atoms with E-state index in [1.807, 2.05) is 13.0 Å². The minimum Gasteiger partial charge on any atom is -0.457 e. The summed E-state index contributed by atoms with van der Waals surface area (Å²) in [5.41, 5.74) is 1.62. The Morgan fingerprint density at radius 2 is 2.47 bits per heavy atom. The van der Waals surface area contributed by atoms with Crippen molar-refractivity contribution in [2.75, 3.05) is 19.7 Å². The normalized spacial score (nSPS) is 29.1. The fourth-order valence-electron chi connectivity index (χ4n) is 2.49. The molecule has 0 spiro atoms. The lowest BCUT2D eigenvalue weighted by Crippen LogP contribution is -2.35. The van der Waals surface area contributed by atoms with Crippen molar-refractivity contribution in [3.05, 3.63) is 23.3 Å². The number of hydrogen-bond donors (Lipinski definition) is 1. The van der Waals surface area contributed by atoms with Crippen molar-refractivity contribution in [2.24, 2.45) is 0 Å². The van der Waals surface area contributed by atoms with Gasteiger partial charge in [-0.05, 0) is 25.8 Å². The highest BCUT2D eigenvalue weighted by Crippen LogP contribution is 2.31. The number of carbonyl (C=O) groups is 1. The summed E-state index contributed by atoms with van der Waals surface area (Å²) in [6.07, 6.45) is 4.53. The van der Waals surface area contributed by atoms with Crippen LogP contribution in [0.3, 0.4) is 0 Å². The van der Waals surface area contributed by atoms with E-state index >= 15 is 0 Å². The van der Waals surface area contributed by atoms with E-state index in [1.54, 1.807) is 13.0 Å². The molecule has 1 N–H and O–H groups in total. The third kappa shape index (κ3) is 2.28. The number of rotatable bonds is 3. The van der Waals surface area contributed by atoms with Gasteiger partial charge in [0.05, 0.1) is 12.6 Å². The predicted molar refractivity (Wildman–Crippen MR) is 64.5 cm³/mol. The van der Waals surface area contributed by atoms with Crippen LogP contribution in [0.1, 0.15) is 20.3 Å². The molecule has 2 atom stereocenters. The number of hydrogen-bond acceptors (Lipinski definition) is 4. The van der Waals surface area contributed by atoms with Gasteiger partial charge in [0.25, 0.3) is 0 Å². The number of fused-ring (bicyclic) bond motifs is 1. The second kappa shape index (κ2) is 5.02. The van der Waals surface area contributed by atoms with Crippen molar-refractivity contribution in [2.45, 2.75) is 32.4 Å². The van der Waals surface area contributed by atoms with E-state index in [4.69, 9.17) is 4.74 Å². The Kier molecular flexibility index (Phi) is 3.64. The Morgan fingerprint density at radius 3 is 3.12 bits per heavy atom. The molecule has 2 rings (SSSR count). The monoisotopic (exact) mass is 237 g/mol. The Hall–Kier alpha value is -1.13. The topological polar surface area (TPSA) is 49.8 Å². The van der Waals surface area contributed by atoms with Gasteiger partial charge in [0.15, 0.2) is 0 Å². The largest absolute Gasteiger partial charge is 0.457 e. The average Bonchev–Trinajstić information content (AvgIpc) is 2.90. The van der Waals surface area contributed by atoms with Crippen LogP contribution in [-0.2, 0) is 9.53 Å². The minimum atomic E-state index is -0.247. The molecule has 17 heavy (non-hydrogen) atoms. The minimum absolute atomic E-state index is 0.0534. The standard InChI is InChI=1S/C13H19NO3/c1-3-9(2)13(16)17-11-5-7-14-6-4-10(8-15)12(11)14/h3-4,11-12,15H,5-8H2,1-2H3/b9-3-/t11-,12+/m1/s1.